The molecule has 3 amide bonds. The number of hydrogen-bond acceptors (Lipinski definition) is 5. The van der Waals surface area contributed by atoms with Gasteiger partial charge in [0.15, 0.2) is 6.04 Å². The molecule has 128 valence electrons. The number of hydrogen-bond donors (Lipinski definition) is 1. The summed E-state index contributed by atoms with van der Waals surface area (Å²) in [6, 6.07) is 6.85. The predicted octanol–water partition coefficient (Wildman–Crippen LogP) is 1.54. The lowest BCUT2D eigenvalue weighted by molar-refractivity contribution is -0.147. The number of nitrogens with zero attached hydrogens (tertiary/aromatic N) is 2. The maximum Gasteiger partial charge on any atom is 0.328 e. The second-order valence-electron chi connectivity index (χ2n) is 5.59. The fourth-order valence-corrected chi connectivity index (χ4v) is 3.19. The van der Waals surface area contributed by atoms with Gasteiger partial charge in [0.1, 0.15) is 0 Å². The van der Waals surface area contributed by atoms with E-state index < -0.39 is 29.9 Å². The van der Waals surface area contributed by atoms with Gasteiger partial charge in [-0.15, -0.1) is 0 Å². The molecule has 1 saturated heterocycles. The molecule has 1 fully saturated rings. The van der Waals surface area contributed by atoms with E-state index in [0.29, 0.717) is 5.56 Å². The molecule has 1 aliphatic rings. The van der Waals surface area contributed by atoms with E-state index >= 15 is 0 Å². The predicted molar refractivity (Wildman–Crippen MR) is 88.7 cm³/mol. The lowest BCUT2D eigenvalue weighted by Crippen LogP contribution is -2.46. The number of rotatable bonds is 5. The van der Waals surface area contributed by atoms with Crippen LogP contribution in [0.4, 0.5) is 4.79 Å². The van der Waals surface area contributed by atoms with E-state index in [1.807, 2.05) is 0 Å². The molecule has 2 rings (SSSR count). The number of carboxylic acid groups (broad SMARTS) is 1. The van der Waals surface area contributed by atoms with Gasteiger partial charge in [-0.2, -0.15) is 0 Å². The summed E-state index contributed by atoms with van der Waals surface area (Å²) in [5.74, 6) is -2.28. The summed E-state index contributed by atoms with van der Waals surface area (Å²) in [6.07, 6.45) is 0. The summed E-state index contributed by atoms with van der Waals surface area (Å²) in [7, 11) is 1.45. The van der Waals surface area contributed by atoms with Crippen molar-refractivity contribution in [2.24, 2.45) is 5.92 Å². The number of thioether (sulfide) groups is 1. The van der Waals surface area contributed by atoms with E-state index in [1.165, 1.54) is 11.9 Å². The molecule has 0 bridgehead atoms. The van der Waals surface area contributed by atoms with Crippen LogP contribution < -0.4 is 0 Å². The fourth-order valence-electron chi connectivity index (χ4n) is 2.34. The summed E-state index contributed by atoms with van der Waals surface area (Å²) >= 11 is 0.978. The molecule has 0 radical (unpaired) electrons. The molecule has 1 heterocycles. The number of amides is 3. The molecule has 1 N–H and O–H groups in total. The number of urea groups is 1. The number of aliphatic carboxylic acids is 1. The number of carbonyl (C=O) groups excluding carboxylic acids is 3. The van der Waals surface area contributed by atoms with Crippen LogP contribution in [0.2, 0.25) is 0 Å². The Balaban J connectivity index is 2.00. The molecule has 1 aromatic carbocycles. The molecule has 0 saturated carbocycles. The van der Waals surface area contributed by atoms with Crippen molar-refractivity contribution < 1.29 is 24.3 Å². The standard InChI is InChI=1S/C16H18N2O5S/c1-10(9-24-15(22)11-6-4-3-5-7-11)13(19)18-12(14(20)21)8-17(2)16(18)23/h3-7,10,12H,8-9H2,1-2H3,(H,20,21)/t10-,12?/m1/s1. The van der Waals surface area contributed by atoms with Crippen molar-refractivity contribution in [1.82, 2.24) is 9.80 Å². The average Bonchev–Trinajstić information content (AvgIpc) is 2.88. The molecular weight excluding hydrogens is 332 g/mol. The second-order valence-corrected chi connectivity index (χ2v) is 6.58. The second kappa shape index (κ2) is 7.48. The molecule has 1 aliphatic heterocycles. The molecule has 0 aromatic heterocycles. The minimum Gasteiger partial charge on any atom is -0.480 e. The van der Waals surface area contributed by atoms with E-state index in [0.717, 1.165) is 16.7 Å². The van der Waals surface area contributed by atoms with Gasteiger partial charge in [-0.1, -0.05) is 49.0 Å². The first-order chi connectivity index (χ1) is 11.3. The number of benzene rings is 1. The van der Waals surface area contributed by atoms with Crippen molar-refractivity contribution in [2.45, 2.75) is 13.0 Å². The summed E-state index contributed by atoms with van der Waals surface area (Å²) in [4.78, 5) is 49.8. The van der Waals surface area contributed by atoms with Crippen LogP contribution in [0.15, 0.2) is 30.3 Å². The van der Waals surface area contributed by atoms with Gasteiger partial charge in [0, 0.05) is 24.3 Å². The van der Waals surface area contributed by atoms with Crippen molar-refractivity contribution >= 4 is 34.8 Å². The largest absolute Gasteiger partial charge is 0.480 e. The Morgan fingerprint density at radius 2 is 1.92 bits per heavy atom. The van der Waals surface area contributed by atoms with Crippen molar-refractivity contribution in [2.75, 3.05) is 19.3 Å². The normalized spacial score (nSPS) is 18.6. The summed E-state index contributed by atoms with van der Waals surface area (Å²) < 4.78 is 0. The van der Waals surface area contributed by atoms with E-state index in [9.17, 15) is 24.3 Å². The molecule has 2 atom stereocenters. The van der Waals surface area contributed by atoms with Crippen LogP contribution in [-0.2, 0) is 9.59 Å². The summed E-state index contributed by atoms with van der Waals surface area (Å²) in [5.41, 5.74) is 0.530. The zero-order valence-corrected chi connectivity index (χ0v) is 14.2. The average molecular weight is 350 g/mol. The first-order valence-electron chi connectivity index (χ1n) is 7.36. The van der Waals surface area contributed by atoms with Gasteiger partial charge < -0.3 is 10.0 Å². The van der Waals surface area contributed by atoms with Gasteiger partial charge in [0.05, 0.1) is 6.54 Å². The Labute approximate surface area is 143 Å². The van der Waals surface area contributed by atoms with E-state index in [-0.39, 0.29) is 17.4 Å². The Kier molecular flexibility index (Phi) is 5.61. The number of carboxylic acids is 1. The quantitative estimate of drug-likeness (QED) is 0.866. The molecule has 0 aliphatic carbocycles. The minimum atomic E-state index is -1.22. The topological polar surface area (TPSA) is 95.0 Å². The van der Waals surface area contributed by atoms with Crippen molar-refractivity contribution in [3.8, 4) is 0 Å². The number of imide groups is 1. The van der Waals surface area contributed by atoms with E-state index in [1.54, 1.807) is 37.3 Å². The molecule has 8 heteroatoms. The lowest BCUT2D eigenvalue weighted by Gasteiger charge is -2.21. The lowest BCUT2D eigenvalue weighted by atomic mass is 10.1. The smallest absolute Gasteiger partial charge is 0.328 e. The van der Waals surface area contributed by atoms with Crippen LogP contribution in [0.3, 0.4) is 0 Å². The highest BCUT2D eigenvalue weighted by Gasteiger charge is 2.44. The highest BCUT2D eigenvalue weighted by Crippen LogP contribution is 2.21. The van der Waals surface area contributed by atoms with Gasteiger partial charge in [-0.3, -0.25) is 9.59 Å². The SMILES string of the molecule is C[C@H](CSC(=O)c1ccccc1)C(=O)N1C(=O)N(C)CC1C(=O)O. The van der Waals surface area contributed by atoms with Crippen molar-refractivity contribution in [1.29, 1.82) is 0 Å². The maximum atomic E-state index is 12.5. The van der Waals surface area contributed by atoms with Crippen LogP contribution in [0.5, 0.6) is 0 Å². The molecular formula is C16H18N2O5S. The summed E-state index contributed by atoms with van der Waals surface area (Å²) in [6.45, 7) is 1.54. The molecule has 0 spiro atoms. The fraction of sp³-hybridized carbons (Fsp3) is 0.375. The molecule has 24 heavy (non-hydrogen) atoms. The molecule has 1 unspecified atom stereocenters. The third kappa shape index (κ3) is 3.76. The monoisotopic (exact) mass is 350 g/mol. The maximum absolute atomic E-state index is 12.5. The minimum absolute atomic E-state index is 0.0390. The van der Waals surface area contributed by atoms with Gasteiger partial charge in [-0.05, 0) is 0 Å². The zero-order chi connectivity index (χ0) is 17.9. The summed E-state index contributed by atoms with van der Waals surface area (Å²) in [5, 5.41) is 9.01. The number of likely N-dealkylation sites (N-methyl/N-ethyl adjacent to an activating group) is 1. The highest BCUT2D eigenvalue weighted by molar-refractivity contribution is 8.14. The van der Waals surface area contributed by atoms with E-state index in [2.05, 4.69) is 0 Å². The Morgan fingerprint density at radius 1 is 1.29 bits per heavy atom. The van der Waals surface area contributed by atoms with Crippen LogP contribution in [0, 0.1) is 5.92 Å². The van der Waals surface area contributed by atoms with Gasteiger partial charge in [0.25, 0.3) is 0 Å². The van der Waals surface area contributed by atoms with Crippen molar-refractivity contribution in [3.63, 3.8) is 0 Å². The van der Waals surface area contributed by atoms with Crippen LogP contribution in [0.1, 0.15) is 17.3 Å². The zero-order valence-electron chi connectivity index (χ0n) is 13.3. The molecule has 7 nitrogen and oxygen atoms in total. The molecule has 1 aromatic rings. The van der Waals surface area contributed by atoms with Gasteiger partial charge in [0.2, 0.25) is 11.0 Å². The van der Waals surface area contributed by atoms with Crippen molar-refractivity contribution in [3.05, 3.63) is 35.9 Å². The van der Waals surface area contributed by atoms with Gasteiger partial charge >= 0.3 is 12.0 Å². The number of carbonyl (C=O) groups is 4. The van der Waals surface area contributed by atoms with Crippen LogP contribution in [0.25, 0.3) is 0 Å². The Hall–Kier alpha value is -2.35. The van der Waals surface area contributed by atoms with Crippen LogP contribution >= 0.6 is 11.8 Å². The first-order valence-corrected chi connectivity index (χ1v) is 8.34. The van der Waals surface area contributed by atoms with Crippen LogP contribution in [-0.4, -0.2) is 63.3 Å². The third-order valence-corrected chi connectivity index (χ3v) is 4.87. The third-order valence-electron chi connectivity index (χ3n) is 3.71. The Bertz CT molecular complexity index is 664. The van der Waals surface area contributed by atoms with Gasteiger partial charge in [-0.25, -0.2) is 14.5 Å². The Morgan fingerprint density at radius 3 is 2.50 bits per heavy atom. The van der Waals surface area contributed by atoms with E-state index in [4.69, 9.17) is 0 Å². The highest BCUT2D eigenvalue weighted by atomic mass is 32.2. The first kappa shape index (κ1) is 18.0.